The Morgan fingerprint density at radius 1 is 0.582 bits per heavy atom. The van der Waals surface area contributed by atoms with Gasteiger partial charge in [0.25, 0.3) is 0 Å². The monoisotopic (exact) mass is 1290 g/mol. The van der Waals surface area contributed by atoms with E-state index >= 15 is 0 Å². The third-order valence-electron chi connectivity index (χ3n) is 14.3. The third kappa shape index (κ3) is 22.2. The molecular weight excluding hydrogens is 1210 g/mol. The van der Waals surface area contributed by atoms with Crippen molar-refractivity contribution in [2.24, 2.45) is 28.7 Å². The number of nitrogens with one attached hydrogen (secondary N) is 11. The van der Waals surface area contributed by atoms with E-state index in [1.165, 1.54) is 48.5 Å². The summed E-state index contributed by atoms with van der Waals surface area (Å²) in [6.45, 7) is -0.671. The topological polar surface area (TPSA) is 564 Å². The Hall–Kier alpha value is -10.5. The van der Waals surface area contributed by atoms with Gasteiger partial charge in [0, 0.05) is 55.2 Å². The second kappa shape index (κ2) is 34.3. The van der Waals surface area contributed by atoms with Crippen LogP contribution in [0.15, 0.2) is 79.0 Å². The summed E-state index contributed by atoms with van der Waals surface area (Å²) >= 11 is 4.11. The molecule has 0 saturated carbocycles. The van der Waals surface area contributed by atoms with Gasteiger partial charge < -0.3 is 102 Å². The molecule has 4 aromatic rings. The first-order valence-corrected chi connectivity index (χ1v) is 29.1. The molecule has 1 fully saturated rings. The number of aromatic hydroxyl groups is 2. The predicted octanol–water partition coefficient (Wildman–Crippen LogP) is -5.66. The molecule has 0 spiro atoms. The molecule has 5 rings (SSSR count). The summed E-state index contributed by atoms with van der Waals surface area (Å²) in [7, 11) is 0. The van der Waals surface area contributed by atoms with E-state index in [1.807, 2.05) is 0 Å². The number of benzene rings is 3. The lowest BCUT2D eigenvalue weighted by molar-refractivity contribution is -0.143. The van der Waals surface area contributed by atoms with Crippen molar-refractivity contribution < 1.29 is 77.6 Å². The van der Waals surface area contributed by atoms with Gasteiger partial charge in [-0.1, -0.05) is 42.5 Å². The molecule has 0 bridgehead atoms. The first-order chi connectivity index (χ1) is 43.2. The third-order valence-corrected chi connectivity index (χ3v) is 14.7. The van der Waals surface area contributed by atoms with Gasteiger partial charge in [-0.15, -0.1) is 0 Å². The van der Waals surface area contributed by atoms with Crippen LogP contribution in [-0.4, -0.2) is 188 Å². The highest BCUT2D eigenvalue weighted by atomic mass is 32.1. The maximum Gasteiger partial charge on any atom is 0.326 e. The first kappa shape index (κ1) is 71.2. The van der Waals surface area contributed by atoms with E-state index in [4.69, 9.17) is 34.1 Å². The van der Waals surface area contributed by atoms with Gasteiger partial charge in [-0.05, 0) is 72.7 Å². The van der Waals surface area contributed by atoms with Gasteiger partial charge in [0.2, 0.25) is 70.9 Å². The highest BCUT2D eigenvalue weighted by molar-refractivity contribution is 7.80. The lowest BCUT2D eigenvalue weighted by Gasteiger charge is -2.30. The summed E-state index contributed by atoms with van der Waals surface area (Å²) in [5.74, 6) is -15.3. The smallest absolute Gasteiger partial charge is 0.326 e. The van der Waals surface area contributed by atoms with Crippen molar-refractivity contribution in [3.8, 4) is 11.5 Å². The van der Waals surface area contributed by atoms with Crippen molar-refractivity contribution in [1.29, 1.82) is 5.41 Å². The molecule has 2 heterocycles. The molecule has 1 aliphatic rings. The van der Waals surface area contributed by atoms with Crippen LogP contribution in [0.3, 0.4) is 0 Å². The quantitative estimate of drug-likeness (QED) is 0.00884. The number of aliphatic carboxylic acids is 1. The minimum Gasteiger partial charge on any atom is -0.508 e. The molecule has 1 aromatic heterocycles. The SMILES string of the molecule is N=C(N)NCCC[C@H](NC(=O)[C@H](CC(N)=O)NC(=O)[C@H](Cc1ccc(O)cc1)NC(=O)[C@@H]1CCCN1C(=O)[C@H](CC(N)=O)NC(=O)[C@H](Cc1c[nH]c2ccccc12)NC(=O)CN)C(=O)N[C@@H](CC(N)=O)C(=O)N[C@@H](CS)C(=O)N[C@@H](Cc1ccc(O)cc1)C(=O)O. The van der Waals surface area contributed by atoms with Crippen LogP contribution in [0.4, 0.5) is 0 Å². The average Bonchev–Trinajstić information content (AvgIpc) is 1.86. The summed E-state index contributed by atoms with van der Waals surface area (Å²) in [5, 5.41) is 59.5. The van der Waals surface area contributed by atoms with E-state index in [2.05, 4.69) is 65.5 Å². The van der Waals surface area contributed by atoms with Crippen molar-refractivity contribution in [1.82, 2.24) is 57.7 Å². The van der Waals surface area contributed by atoms with E-state index in [9.17, 15) is 77.6 Å². The molecule has 0 aliphatic carbocycles. The molecule has 91 heavy (non-hydrogen) atoms. The van der Waals surface area contributed by atoms with Crippen LogP contribution in [0.5, 0.6) is 11.5 Å². The lowest BCUT2D eigenvalue weighted by Crippen LogP contribution is -2.61. The number of aromatic nitrogens is 1. The number of carbonyl (C=O) groups excluding carboxylic acids is 12. The summed E-state index contributed by atoms with van der Waals surface area (Å²) in [5.41, 5.74) is 29.6. The van der Waals surface area contributed by atoms with Crippen molar-refractivity contribution >= 4 is 106 Å². The zero-order valence-corrected chi connectivity index (χ0v) is 49.9. The first-order valence-electron chi connectivity index (χ1n) is 28.5. The summed E-state index contributed by atoms with van der Waals surface area (Å²) in [6.07, 6.45) is -1.88. The number of likely N-dealkylation sites (tertiary alicyclic amines) is 1. The second-order valence-corrected chi connectivity index (χ2v) is 21.6. The molecule has 3 aromatic carbocycles. The number of nitrogens with zero attached hydrogens (tertiary/aromatic N) is 1. The predicted molar refractivity (Wildman–Crippen MR) is 327 cm³/mol. The molecule has 34 heteroatoms. The van der Waals surface area contributed by atoms with Gasteiger partial charge >= 0.3 is 5.97 Å². The number of nitrogens with two attached hydrogens (primary N) is 5. The van der Waals surface area contributed by atoms with E-state index in [-0.39, 0.29) is 69.5 Å². The van der Waals surface area contributed by atoms with Crippen molar-refractivity contribution in [3.05, 3.63) is 95.7 Å². The number of fused-ring (bicyclic) bond motifs is 1. The summed E-state index contributed by atoms with van der Waals surface area (Å²) in [6, 6.07) is 3.23. The van der Waals surface area contributed by atoms with Crippen molar-refractivity contribution in [3.63, 3.8) is 0 Å². The summed E-state index contributed by atoms with van der Waals surface area (Å²) in [4.78, 5) is 180. The Kier molecular flexibility index (Phi) is 26.9. The molecular formula is C57H75N17O16S. The number of guanidine groups is 1. The fourth-order valence-corrected chi connectivity index (χ4v) is 10.0. The number of phenols is 2. The Labute approximate surface area is 525 Å². The molecule has 1 saturated heterocycles. The number of rotatable bonds is 35. The molecule has 9 atom stereocenters. The van der Waals surface area contributed by atoms with Gasteiger partial charge in [-0.2, -0.15) is 12.6 Å². The van der Waals surface area contributed by atoms with Crippen LogP contribution in [0.2, 0.25) is 0 Å². The number of carbonyl (C=O) groups is 13. The minimum absolute atomic E-state index is 0.0144. The standard InChI is InChI=1S/C57H75N17O16S/c58-25-47(80)66-37(21-30-26-65-34-6-2-1-5-33(30)34)50(83)71-40(24-46(61)79)55(88)74-18-4-8-43(74)54(87)70-36(19-28-9-13-31(75)14-10-28)49(82)69-38(22-44(59)77)51(84)67-35(7-3-17-64-57(62)63)48(81)68-39(23-45(60)78)52(85)73-42(27-91)53(86)72-41(56(89)90)20-29-11-15-32(76)16-12-29/h1-2,5-6,9-16,26,35-43,65,75-76,91H,3-4,7-8,17-25,27,58H2,(H2,59,77)(H2,60,78)(H2,61,79)(H,66,80)(H,67,84)(H,68,81)(H,69,82)(H,70,87)(H,71,83)(H,72,86)(H,73,85)(H,89,90)(H4,62,63,64)/t35-,36-,37-,38-,39-,40-,41-,42-,43-/m0/s1. The highest BCUT2D eigenvalue weighted by Gasteiger charge is 2.41. The second-order valence-electron chi connectivity index (χ2n) is 21.3. The van der Waals surface area contributed by atoms with Crippen molar-refractivity contribution in [2.75, 3.05) is 25.4 Å². The fraction of sp³-hybridized carbons (Fsp3) is 0.404. The van der Waals surface area contributed by atoms with Gasteiger partial charge in [0.05, 0.1) is 25.8 Å². The van der Waals surface area contributed by atoms with Gasteiger partial charge in [-0.25, -0.2) is 4.79 Å². The minimum atomic E-state index is -1.94. The Bertz CT molecular complexity index is 3330. The van der Waals surface area contributed by atoms with E-state index in [0.29, 0.717) is 16.7 Å². The molecule has 33 nitrogen and oxygen atoms in total. The van der Waals surface area contributed by atoms with Crippen molar-refractivity contribution in [2.45, 2.75) is 119 Å². The number of para-hydroxylation sites is 1. The van der Waals surface area contributed by atoms with Crippen LogP contribution in [0.1, 0.15) is 61.6 Å². The molecule has 0 radical (unpaired) electrons. The van der Waals surface area contributed by atoms with Crippen LogP contribution in [0, 0.1) is 5.41 Å². The van der Waals surface area contributed by atoms with Crippen LogP contribution in [-0.2, 0) is 81.6 Å². The molecule has 1 aliphatic heterocycles. The Morgan fingerprint density at radius 3 is 1.57 bits per heavy atom. The van der Waals surface area contributed by atoms with E-state index < -0.39 is 169 Å². The number of H-pyrrole nitrogens is 1. The molecule has 0 unspecified atom stereocenters. The number of amides is 12. The number of carboxylic acid groups (broad SMARTS) is 1. The fourth-order valence-electron chi connectivity index (χ4n) is 9.75. The number of hydrogen-bond acceptors (Lipinski definition) is 18. The number of carboxylic acids is 1. The van der Waals surface area contributed by atoms with Gasteiger partial charge in [-0.3, -0.25) is 62.9 Å². The normalized spacial score (nSPS) is 15.3. The zero-order chi connectivity index (χ0) is 67.1. The number of phenolic OH excluding ortho intramolecular Hbond substituents is 2. The number of aromatic amines is 1. The number of primary amides is 3. The Balaban J connectivity index is 1.36. The molecule has 12 amide bonds. The van der Waals surface area contributed by atoms with Gasteiger partial charge in [0.1, 0.15) is 65.9 Å². The van der Waals surface area contributed by atoms with Crippen LogP contribution in [0.25, 0.3) is 10.9 Å². The van der Waals surface area contributed by atoms with E-state index in [0.717, 1.165) is 15.8 Å². The van der Waals surface area contributed by atoms with E-state index in [1.54, 1.807) is 30.5 Å². The molecule has 24 N–H and O–H groups in total. The summed E-state index contributed by atoms with van der Waals surface area (Å²) < 4.78 is 0. The lowest BCUT2D eigenvalue weighted by atomic mass is 10.0. The van der Waals surface area contributed by atoms with Crippen LogP contribution < -0.4 is 76.5 Å². The largest absolute Gasteiger partial charge is 0.508 e. The average molecular weight is 1290 g/mol. The maximum absolute atomic E-state index is 14.5. The maximum atomic E-state index is 14.5. The van der Waals surface area contributed by atoms with Gasteiger partial charge in [0.15, 0.2) is 5.96 Å². The Morgan fingerprint density at radius 2 is 1.04 bits per heavy atom. The number of thiol groups is 1. The van der Waals surface area contributed by atoms with Crippen LogP contribution >= 0.6 is 12.6 Å². The highest BCUT2D eigenvalue weighted by Crippen LogP contribution is 2.23. The zero-order valence-electron chi connectivity index (χ0n) is 49.0. The molecule has 490 valence electrons. The number of hydrogen-bond donors (Lipinski definition) is 20.